The Balaban J connectivity index is 3.76. The molecule has 0 fully saturated rings. The lowest BCUT2D eigenvalue weighted by Crippen LogP contribution is -2.27. The van der Waals surface area contributed by atoms with E-state index in [4.69, 9.17) is 29.8 Å². The topological polar surface area (TPSA) is 137 Å². The van der Waals surface area contributed by atoms with Crippen molar-refractivity contribution >= 4 is 7.82 Å². The Labute approximate surface area is 86.3 Å². The van der Waals surface area contributed by atoms with Crippen molar-refractivity contribution in [3.63, 3.8) is 0 Å². The van der Waals surface area contributed by atoms with Gasteiger partial charge in [0.1, 0.15) is 12.2 Å². The lowest BCUT2D eigenvalue weighted by molar-refractivity contribution is -0.0354. The van der Waals surface area contributed by atoms with Gasteiger partial charge in [-0.3, -0.25) is 4.52 Å². The highest BCUT2D eigenvalue weighted by molar-refractivity contribution is 7.46. The Hall–Kier alpha value is -0.0500. The summed E-state index contributed by atoms with van der Waals surface area (Å²) in [6.07, 6.45) is -2.24. The van der Waals surface area contributed by atoms with Gasteiger partial charge in [-0.15, -0.1) is 0 Å². The van der Waals surface area contributed by atoms with E-state index in [0.29, 0.717) is 0 Å². The average Bonchev–Trinajstić information content (AvgIpc) is 2.14. The zero-order chi connectivity index (χ0) is 11.9. The maximum absolute atomic E-state index is 10.4. The molecule has 0 aliphatic rings. The second-order valence-electron chi connectivity index (χ2n) is 2.77. The highest BCUT2D eigenvalue weighted by Crippen LogP contribution is 2.37. The largest absolute Gasteiger partial charge is 0.470 e. The molecule has 8 nitrogen and oxygen atoms in total. The Morgan fingerprint density at radius 1 is 1.13 bits per heavy atom. The fourth-order valence-electron chi connectivity index (χ4n) is 0.699. The molecule has 0 saturated heterocycles. The molecule has 0 rings (SSSR count). The number of hydrogen-bond donors (Lipinski definition) is 5. The molecular formula is C6H15O8P. The number of phosphoric acid groups is 1. The van der Waals surface area contributed by atoms with Crippen LogP contribution in [0.3, 0.4) is 0 Å². The minimum Gasteiger partial charge on any atom is -0.394 e. The second kappa shape index (κ2) is 7.26. The first-order chi connectivity index (χ1) is 6.89. The number of phosphoric ester groups is 1. The molecule has 0 aromatic rings. The van der Waals surface area contributed by atoms with Gasteiger partial charge in [0.25, 0.3) is 0 Å². The second-order valence-corrected chi connectivity index (χ2v) is 3.97. The first-order valence-electron chi connectivity index (χ1n) is 4.10. The molecule has 9 heteroatoms. The molecular weight excluding hydrogens is 231 g/mol. The van der Waals surface area contributed by atoms with Crippen molar-refractivity contribution in [2.75, 3.05) is 26.4 Å². The molecule has 0 aliphatic carbocycles. The predicted octanol–water partition coefficient (Wildman–Crippen LogP) is -2.17. The quantitative estimate of drug-likeness (QED) is 0.305. The fraction of sp³-hybridized carbons (Fsp3) is 1.00. The summed E-state index contributed by atoms with van der Waals surface area (Å²) in [5.41, 5.74) is 0. The first-order valence-corrected chi connectivity index (χ1v) is 5.63. The van der Waals surface area contributed by atoms with Crippen LogP contribution in [0.1, 0.15) is 0 Å². The molecule has 0 saturated carbocycles. The first kappa shape index (κ1) is 14.9. The van der Waals surface area contributed by atoms with Crippen LogP contribution in [-0.2, 0) is 13.8 Å². The van der Waals surface area contributed by atoms with Crippen molar-refractivity contribution in [3.05, 3.63) is 0 Å². The van der Waals surface area contributed by atoms with Crippen LogP contribution in [0.5, 0.6) is 0 Å². The van der Waals surface area contributed by atoms with E-state index < -0.39 is 33.2 Å². The normalized spacial score (nSPS) is 16.3. The zero-order valence-electron chi connectivity index (χ0n) is 7.89. The van der Waals surface area contributed by atoms with E-state index in [2.05, 4.69) is 4.52 Å². The van der Waals surface area contributed by atoms with E-state index in [0.717, 1.165) is 0 Å². The van der Waals surface area contributed by atoms with Crippen LogP contribution in [0, 0.1) is 0 Å². The fourth-order valence-corrected chi connectivity index (χ4v) is 1.21. The molecule has 0 radical (unpaired) electrons. The highest BCUT2D eigenvalue weighted by atomic mass is 31.2. The van der Waals surface area contributed by atoms with Gasteiger partial charge < -0.3 is 29.8 Å². The van der Waals surface area contributed by atoms with Gasteiger partial charge in [-0.25, -0.2) is 4.57 Å². The van der Waals surface area contributed by atoms with Crippen molar-refractivity contribution in [2.24, 2.45) is 0 Å². The van der Waals surface area contributed by atoms with Crippen LogP contribution < -0.4 is 0 Å². The van der Waals surface area contributed by atoms with Crippen LogP contribution >= 0.6 is 7.82 Å². The highest BCUT2D eigenvalue weighted by Gasteiger charge is 2.21. The van der Waals surface area contributed by atoms with Crippen LogP contribution in [0.25, 0.3) is 0 Å². The molecule has 92 valence electrons. The number of hydrogen-bond acceptors (Lipinski definition) is 6. The Morgan fingerprint density at radius 2 is 1.73 bits per heavy atom. The summed E-state index contributed by atoms with van der Waals surface area (Å²) in [5, 5.41) is 25.9. The number of ether oxygens (including phenoxy) is 1. The summed E-state index contributed by atoms with van der Waals surface area (Å²) in [5.74, 6) is 0. The van der Waals surface area contributed by atoms with Gasteiger partial charge in [0, 0.05) is 0 Å². The Morgan fingerprint density at radius 3 is 2.13 bits per heavy atom. The van der Waals surface area contributed by atoms with Crippen LogP contribution in [0.4, 0.5) is 0 Å². The van der Waals surface area contributed by atoms with Gasteiger partial charge in [-0.1, -0.05) is 0 Å². The Kier molecular flexibility index (Phi) is 7.24. The zero-order valence-corrected chi connectivity index (χ0v) is 8.79. The number of aliphatic hydroxyl groups is 3. The van der Waals surface area contributed by atoms with Gasteiger partial charge in [0.05, 0.1) is 26.4 Å². The lowest BCUT2D eigenvalue weighted by Gasteiger charge is -2.16. The van der Waals surface area contributed by atoms with Gasteiger partial charge in [0.15, 0.2) is 0 Å². The van der Waals surface area contributed by atoms with E-state index in [9.17, 15) is 4.57 Å². The van der Waals surface area contributed by atoms with Gasteiger partial charge in [-0.05, 0) is 0 Å². The van der Waals surface area contributed by atoms with Crippen molar-refractivity contribution in [1.29, 1.82) is 0 Å². The molecule has 0 bridgehead atoms. The van der Waals surface area contributed by atoms with Crippen LogP contribution in [-0.4, -0.2) is 63.7 Å². The summed E-state index contributed by atoms with van der Waals surface area (Å²) in [7, 11) is -4.66. The van der Waals surface area contributed by atoms with E-state index in [1.54, 1.807) is 0 Å². The van der Waals surface area contributed by atoms with Gasteiger partial charge >= 0.3 is 7.82 Å². The van der Waals surface area contributed by atoms with Crippen molar-refractivity contribution in [1.82, 2.24) is 0 Å². The maximum atomic E-state index is 10.4. The van der Waals surface area contributed by atoms with Gasteiger partial charge in [0.2, 0.25) is 0 Å². The molecule has 0 aliphatic heterocycles. The molecule has 15 heavy (non-hydrogen) atoms. The summed E-state index contributed by atoms with van der Waals surface area (Å²) in [4.78, 5) is 16.8. The molecule has 0 aromatic heterocycles. The standard InChI is InChI=1S/C6H15O8P/c7-1-5(9)3-13-4-6(2-8)14-15(10,11)12/h5-9H,1-4H2,(H2,10,11,12). The molecule has 2 atom stereocenters. The molecule has 0 spiro atoms. The number of rotatable bonds is 8. The SMILES string of the molecule is O=P(O)(O)OC(CO)COCC(O)CO. The third kappa shape index (κ3) is 8.91. The smallest absolute Gasteiger partial charge is 0.394 e. The number of aliphatic hydroxyl groups excluding tert-OH is 3. The minimum atomic E-state index is -4.66. The van der Waals surface area contributed by atoms with E-state index in [-0.39, 0.29) is 13.2 Å². The minimum absolute atomic E-state index is 0.211. The van der Waals surface area contributed by atoms with E-state index >= 15 is 0 Å². The van der Waals surface area contributed by atoms with Gasteiger partial charge in [-0.2, -0.15) is 0 Å². The molecule has 2 unspecified atom stereocenters. The monoisotopic (exact) mass is 246 g/mol. The summed E-state index contributed by atoms with van der Waals surface area (Å²) in [6, 6.07) is 0. The molecule has 0 heterocycles. The summed E-state index contributed by atoms with van der Waals surface area (Å²) >= 11 is 0. The summed E-state index contributed by atoms with van der Waals surface area (Å²) in [6.45, 7) is -1.61. The van der Waals surface area contributed by atoms with Crippen molar-refractivity contribution < 1.29 is 38.9 Å². The van der Waals surface area contributed by atoms with Crippen molar-refractivity contribution in [3.8, 4) is 0 Å². The maximum Gasteiger partial charge on any atom is 0.470 e. The average molecular weight is 246 g/mol. The molecule has 0 amide bonds. The molecule has 0 aromatic carbocycles. The Bertz CT molecular complexity index is 203. The lowest BCUT2D eigenvalue weighted by atomic mass is 10.4. The summed E-state index contributed by atoms with van der Waals surface area (Å²) < 4.78 is 19.3. The van der Waals surface area contributed by atoms with Crippen LogP contribution in [0.15, 0.2) is 0 Å². The van der Waals surface area contributed by atoms with Crippen LogP contribution in [0.2, 0.25) is 0 Å². The molecule has 5 N–H and O–H groups in total. The third-order valence-electron chi connectivity index (χ3n) is 1.31. The predicted molar refractivity (Wildman–Crippen MR) is 47.9 cm³/mol. The third-order valence-corrected chi connectivity index (χ3v) is 1.89. The van der Waals surface area contributed by atoms with E-state index in [1.807, 2.05) is 0 Å². The van der Waals surface area contributed by atoms with E-state index in [1.165, 1.54) is 0 Å². The van der Waals surface area contributed by atoms with Crippen molar-refractivity contribution in [2.45, 2.75) is 12.2 Å².